The fourth-order valence-corrected chi connectivity index (χ4v) is 2.23. The highest BCUT2D eigenvalue weighted by molar-refractivity contribution is 7.18. The van der Waals surface area contributed by atoms with Crippen molar-refractivity contribution >= 4 is 56.5 Å². The molecule has 0 saturated heterocycles. The zero-order chi connectivity index (χ0) is 17.0. The normalized spacial score (nSPS) is 10.2. The Hall–Kier alpha value is -2.30. The molecule has 0 aliphatic heterocycles. The van der Waals surface area contributed by atoms with Crippen molar-refractivity contribution in [2.24, 2.45) is 0 Å². The highest BCUT2D eigenvalue weighted by atomic mass is 35.5. The maximum absolute atomic E-state index is 11.7. The minimum atomic E-state index is -0.823. The van der Waals surface area contributed by atoms with Crippen LogP contribution in [-0.4, -0.2) is 33.4 Å². The Balaban J connectivity index is 1.89. The summed E-state index contributed by atoms with van der Waals surface area (Å²) in [6.45, 7) is -0.605. The number of amides is 1. The van der Waals surface area contributed by atoms with Crippen molar-refractivity contribution in [2.45, 2.75) is 0 Å². The Morgan fingerprint density at radius 3 is 2.70 bits per heavy atom. The molecule has 2 aromatic heterocycles. The Morgan fingerprint density at radius 2 is 2.09 bits per heavy atom. The average molecular weight is 377 g/mol. The molecule has 23 heavy (non-hydrogen) atoms. The molecule has 1 amide bonds. The van der Waals surface area contributed by atoms with Gasteiger partial charge in [-0.3, -0.25) is 20.2 Å². The van der Waals surface area contributed by atoms with Crippen molar-refractivity contribution in [3.05, 3.63) is 44.3 Å². The van der Waals surface area contributed by atoms with E-state index in [-0.39, 0.29) is 25.9 Å². The molecule has 0 fully saturated rings. The van der Waals surface area contributed by atoms with Crippen molar-refractivity contribution in [3.63, 3.8) is 0 Å². The van der Waals surface area contributed by atoms with E-state index in [9.17, 15) is 19.7 Å². The molecule has 1 N–H and O–H groups in total. The molecule has 120 valence electrons. The second kappa shape index (κ2) is 7.31. The first kappa shape index (κ1) is 17.1. The van der Waals surface area contributed by atoms with Gasteiger partial charge in [-0.15, -0.1) is 0 Å². The number of halogens is 2. The summed E-state index contributed by atoms with van der Waals surface area (Å²) in [5.41, 5.74) is 0.0251. The summed E-state index contributed by atoms with van der Waals surface area (Å²) in [5.74, 6) is -1.52. The highest BCUT2D eigenvalue weighted by Gasteiger charge is 2.16. The molecule has 0 aliphatic rings. The van der Waals surface area contributed by atoms with Crippen LogP contribution in [0.25, 0.3) is 0 Å². The number of rotatable bonds is 5. The monoisotopic (exact) mass is 376 g/mol. The van der Waals surface area contributed by atoms with Crippen molar-refractivity contribution in [1.29, 1.82) is 0 Å². The number of aromatic nitrogens is 2. The van der Waals surface area contributed by atoms with E-state index in [2.05, 4.69) is 15.3 Å². The van der Waals surface area contributed by atoms with Gasteiger partial charge in [0, 0.05) is 6.20 Å². The molecule has 2 rings (SSSR count). The molecule has 0 saturated carbocycles. The van der Waals surface area contributed by atoms with Crippen LogP contribution in [0.3, 0.4) is 0 Å². The summed E-state index contributed by atoms with van der Waals surface area (Å²) in [5, 5.41) is 12.7. The first-order valence-corrected chi connectivity index (χ1v) is 7.32. The zero-order valence-corrected chi connectivity index (χ0v) is 13.3. The van der Waals surface area contributed by atoms with Gasteiger partial charge >= 0.3 is 11.0 Å². The number of carbonyl (C=O) groups is 2. The number of anilines is 1. The van der Waals surface area contributed by atoms with Crippen molar-refractivity contribution < 1.29 is 19.2 Å². The fraction of sp³-hybridized carbons (Fsp3) is 0.0909. The Morgan fingerprint density at radius 1 is 1.35 bits per heavy atom. The number of hydrogen-bond donors (Lipinski definition) is 1. The summed E-state index contributed by atoms with van der Waals surface area (Å²) < 4.78 is 4.76. The van der Waals surface area contributed by atoms with Gasteiger partial charge in [0.25, 0.3) is 5.91 Å². The van der Waals surface area contributed by atoms with Crippen molar-refractivity contribution in [2.75, 3.05) is 11.9 Å². The van der Waals surface area contributed by atoms with Gasteiger partial charge in [-0.05, 0) is 17.4 Å². The molecule has 0 aliphatic carbocycles. The number of carbonyl (C=O) groups excluding carboxylic acids is 2. The number of hydrogen-bond acceptors (Lipinski definition) is 8. The molecule has 12 heteroatoms. The molecule has 0 bridgehead atoms. The largest absolute Gasteiger partial charge is 0.452 e. The van der Waals surface area contributed by atoms with E-state index in [1.165, 1.54) is 6.07 Å². The lowest BCUT2D eigenvalue weighted by atomic mass is 10.3. The molecule has 9 nitrogen and oxygen atoms in total. The Kier molecular flexibility index (Phi) is 5.42. The van der Waals surface area contributed by atoms with Gasteiger partial charge < -0.3 is 4.74 Å². The van der Waals surface area contributed by atoms with Crippen LogP contribution in [0.15, 0.2) is 18.5 Å². The number of esters is 1. The van der Waals surface area contributed by atoms with Gasteiger partial charge in [-0.25, -0.2) is 14.8 Å². The zero-order valence-electron chi connectivity index (χ0n) is 11.0. The predicted octanol–water partition coefficient (Wildman–Crippen LogP) is 2.55. The highest BCUT2D eigenvalue weighted by Crippen LogP contribution is 2.24. The number of pyridine rings is 1. The van der Waals surface area contributed by atoms with Crippen LogP contribution in [-0.2, 0) is 9.53 Å². The van der Waals surface area contributed by atoms with Crippen LogP contribution in [0.4, 0.5) is 10.1 Å². The minimum Gasteiger partial charge on any atom is -0.452 e. The van der Waals surface area contributed by atoms with E-state index < -0.39 is 23.4 Å². The first-order chi connectivity index (χ1) is 10.9. The quantitative estimate of drug-likeness (QED) is 0.367. The lowest BCUT2D eigenvalue weighted by Gasteiger charge is -2.05. The third-order valence-electron chi connectivity index (χ3n) is 2.29. The summed E-state index contributed by atoms with van der Waals surface area (Å²) in [7, 11) is 0. The summed E-state index contributed by atoms with van der Waals surface area (Å²) >= 11 is 12.0. The van der Waals surface area contributed by atoms with Gasteiger partial charge in [0.2, 0.25) is 0 Å². The topological polar surface area (TPSA) is 124 Å². The molecule has 0 spiro atoms. The molecule has 2 aromatic rings. The maximum atomic E-state index is 11.7. The van der Waals surface area contributed by atoms with Gasteiger partial charge in [0.1, 0.15) is 11.3 Å². The number of ether oxygens (including phenoxy) is 1. The molecule has 0 atom stereocenters. The van der Waals surface area contributed by atoms with Crippen LogP contribution in [0, 0.1) is 10.1 Å². The van der Waals surface area contributed by atoms with E-state index in [4.69, 9.17) is 27.9 Å². The Bertz CT molecular complexity index is 782. The van der Waals surface area contributed by atoms with Gasteiger partial charge in [0.15, 0.2) is 11.7 Å². The fourth-order valence-electron chi connectivity index (χ4n) is 1.31. The number of nitrogens with zero attached hydrogens (tertiary/aromatic N) is 3. The molecule has 2 heterocycles. The standard InChI is InChI=1S/C11H6Cl2N4O5S/c12-6-1-5(2-14-9(6)13)10(19)22-4-7(18)16-11-15-3-8(23-11)17(20)21/h1-3H,4H2,(H,15,16,18). The van der Waals surface area contributed by atoms with E-state index in [1.54, 1.807) is 0 Å². The molecule has 0 unspecified atom stereocenters. The second-order valence-corrected chi connectivity index (χ2v) is 5.66. The first-order valence-electron chi connectivity index (χ1n) is 5.75. The van der Waals surface area contributed by atoms with Gasteiger partial charge in [0.05, 0.1) is 15.5 Å². The SMILES string of the molecule is O=C(COC(=O)c1cnc(Cl)c(Cl)c1)Nc1ncc([N+](=O)[O-])s1. The average Bonchev–Trinajstić information content (AvgIpc) is 2.96. The maximum Gasteiger partial charge on any atom is 0.345 e. The smallest absolute Gasteiger partial charge is 0.345 e. The molecule has 0 radical (unpaired) electrons. The summed E-state index contributed by atoms with van der Waals surface area (Å²) in [4.78, 5) is 40.5. The van der Waals surface area contributed by atoms with Crippen LogP contribution < -0.4 is 5.32 Å². The van der Waals surface area contributed by atoms with E-state index in [0.29, 0.717) is 11.3 Å². The minimum absolute atomic E-state index is 0.0222. The Labute approximate surface area is 142 Å². The molecule has 0 aromatic carbocycles. The number of nitrogens with one attached hydrogen (secondary N) is 1. The lowest BCUT2D eigenvalue weighted by molar-refractivity contribution is -0.380. The summed E-state index contributed by atoms with van der Waals surface area (Å²) in [6, 6.07) is 1.25. The third-order valence-corrected chi connectivity index (χ3v) is 3.84. The van der Waals surface area contributed by atoms with Gasteiger partial charge in [-0.2, -0.15) is 0 Å². The summed E-state index contributed by atoms with van der Waals surface area (Å²) in [6.07, 6.45) is 2.16. The molecular formula is C11H6Cl2N4O5S. The van der Waals surface area contributed by atoms with E-state index in [1.807, 2.05) is 0 Å². The second-order valence-electron chi connectivity index (χ2n) is 3.88. The van der Waals surface area contributed by atoms with E-state index in [0.717, 1.165) is 12.4 Å². The van der Waals surface area contributed by atoms with Gasteiger partial charge in [-0.1, -0.05) is 23.2 Å². The number of nitro groups is 1. The van der Waals surface area contributed by atoms with Crippen molar-refractivity contribution in [3.8, 4) is 0 Å². The van der Waals surface area contributed by atoms with Crippen LogP contribution in [0.2, 0.25) is 10.2 Å². The number of thiazole rings is 1. The van der Waals surface area contributed by atoms with Crippen LogP contribution in [0.1, 0.15) is 10.4 Å². The van der Waals surface area contributed by atoms with Crippen LogP contribution >= 0.6 is 34.5 Å². The lowest BCUT2D eigenvalue weighted by Crippen LogP contribution is -2.20. The van der Waals surface area contributed by atoms with E-state index >= 15 is 0 Å². The molecular weight excluding hydrogens is 371 g/mol. The predicted molar refractivity (Wildman–Crippen MR) is 81.9 cm³/mol. The van der Waals surface area contributed by atoms with Crippen molar-refractivity contribution in [1.82, 2.24) is 9.97 Å². The van der Waals surface area contributed by atoms with Crippen LogP contribution in [0.5, 0.6) is 0 Å². The third kappa shape index (κ3) is 4.58.